The monoisotopic (exact) mass is 408 g/mol. The van der Waals surface area contributed by atoms with Gasteiger partial charge in [-0.1, -0.05) is 42.1 Å². The number of hydrogen-bond donors (Lipinski definition) is 0. The lowest BCUT2D eigenvalue weighted by Gasteiger charge is -2.33. The molecule has 1 aromatic rings. The normalized spacial score (nSPS) is 19.3. The maximum atomic E-state index is 12.7. The molecule has 2 aliphatic heterocycles. The summed E-state index contributed by atoms with van der Waals surface area (Å²) in [6, 6.07) is 5.28. The molecular weight excluding hydrogens is 383 g/mol. The molecule has 2 fully saturated rings. The number of nitrogens with zero attached hydrogens (tertiary/aromatic N) is 2. The summed E-state index contributed by atoms with van der Waals surface area (Å²) >= 11 is 11.9. The zero-order valence-electron chi connectivity index (χ0n) is 15.5. The van der Waals surface area contributed by atoms with Gasteiger partial charge in [-0.2, -0.15) is 0 Å². The summed E-state index contributed by atoms with van der Waals surface area (Å²) in [5, 5.41) is 0.968. The number of rotatable bonds is 3. The van der Waals surface area contributed by atoms with Crippen LogP contribution < -0.4 is 0 Å². The van der Waals surface area contributed by atoms with E-state index in [9.17, 15) is 9.59 Å². The first kappa shape index (κ1) is 20.2. The summed E-state index contributed by atoms with van der Waals surface area (Å²) in [5.41, 5.74) is 0.837. The molecule has 0 N–H and O–H groups in total. The first-order chi connectivity index (χ1) is 13.0. The Bertz CT molecular complexity index is 704. The maximum absolute atomic E-state index is 12.7. The van der Waals surface area contributed by atoms with Crippen molar-refractivity contribution in [3.8, 4) is 0 Å². The van der Waals surface area contributed by atoms with Crippen LogP contribution in [0.1, 0.15) is 44.1 Å². The van der Waals surface area contributed by atoms with E-state index in [4.69, 9.17) is 23.2 Å². The summed E-state index contributed by atoms with van der Waals surface area (Å²) < 4.78 is 0. The van der Waals surface area contributed by atoms with Gasteiger partial charge in [0.1, 0.15) is 0 Å². The molecule has 0 aromatic heterocycles. The minimum absolute atomic E-state index is 0.0262. The summed E-state index contributed by atoms with van der Waals surface area (Å²) in [7, 11) is 0. The summed E-state index contributed by atoms with van der Waals surface area (Å²) in [4.78, 5) is 29.0. The molecule has 4 nitrogen and oxygen atoms in total. The first-order valence-corrected chi connectivity index (χ1v) is 10.5. The van der Waals surface area contributed by atoms with Gasteiger partial charge in [0.25, 0.3) is 0 Å². The van der Waals surface area contributed by atoms with E-state index in [1.165, 1.54) is 12.8 Å². The lowest BCUT2D eigenvalue weighted by Crippen LogP contribution is -2.44. The van der Waals surface area contributed by atoms with Crippen LogP contribution in [-0.4, -0.2) is 47.8 Å². The van der Waals surface area contributed by atoms with Gasteiger partial charge in [-0.05, 0) is 49.5 Å². The largest absolute Gasteiger partial charge is 0.342 e. The fourth-order valence-electron chi connectivity index (χ4n) is 3.79. The van der Waals surface area contributed by atoms with E-state index in [-0.39, 0.29) is 17.7 Å². The van der Waals surface area contributed by atoms with Crippen molar-refractivity contribution in [3.63, 3.8) is 0 Å². The van der Waals surface area contributed by atoms with Gasteiger partial charge >= 0.3 is 0 Å². The Morgan fingerprint density at radius 1 is 0.889 bits per heavy atom. The van der Waals surface area contributed by atoms with Crippen LogP contribution in [0.2, 0.25) is 10.0 Å². The molecule has 27 heavy (non-hydrogen) atoms. The number of halogens is 2. The van der Waals surface area contributed by atoms with Crippen molar-refractivity contribution in [2.75, 3.05) is 26.2 Å². The second-order valence-corrected chi connectivity index (χ2v) is 8.16. The third kappa shape index (κ3) is 5.49. The van der Waals surface area contributed by atoms with Crippen molar-refractivity contribution >= 4 is 41.1 Å². The average Bonchev–Trinajstić information content (AvgIpc) is 2.98. The molecule has 3 rings (SSSR count). The van der Waals surface area contributed by atoms with Crippen molar-refractivity contribution < 1.29 is 9.59 Å². The van der Waals surface area contributed by atoms with E-state index >= 15 is 0 Å². The number of hydrogen-bond acceptors (Lipinski definition) is 2. The Hall–Kier alpha value is -1.52. The Balaban J connectivity index is 1.50. The van der Waals surface area contributed by atoms with Gasteiger partial charge in [-0.3, -0.25) is 9.59 Å². The summed E-state index contributed by atoms with van der Waals surface area (Å²) in [5.74, 6) is 0.322. The second-order valence-electron chi connectivity index (χ2n) is 7.35. The molecule has 2 heterocycles. The molecule has 2 saturated heterocycles. The Morgan fingerprint density at radius 2 is 1.56 bits per heavy atom. The van der Waals surface area contributed by atoms with Gasteiger partial charge in [0.05, 0.1) is 10.0 Å². The van der Waals surface area contributed by atoms with E-state index in [1.807, 2.05) is 15.9 Å². The third-order valence-electron chi connectivity index (χ3n) is 5.44. The highest BCUT2D eigenvalue weighted by atomic mass is 35.5. The Kier molecular flexibility index (Phi) is 7.20. The minimum Gasteiger partial charge on any atom is -0.342 e. The molecule has 0 unspecified atom stereocenters. The molecule has 146 valence electrons. The second kappa shape index (κ2) is 9.61. The van der Waals surface area contributed by atoms with Crippen LogP contribution in [0, 0.1) is 5.92 Å². The fourth-order valence-corrected chi connectivity index (χ4v) is 4.09. The van der Waals surface area contributed by atoms with Crippen LogP contribution in [0.4, 0.5) is 0 Å². The molecular formula is C21H26Cl2N2O2. The quantitative estimate of drug-likeness (QED) is 0.682. The highest BCUT2D eigenvalue weighted by Crippen LogP contribution is 2.24. The Labute approximate surface area is 171 Å². The number of carbonyl (C=O) groups excluding carboxylic acids is 2. The van der Waals surface area contributed by atoms with E-state index in [2.05, 4.69) is 0 Å². The van der Waals surface area contributed by atoms with Gasteiger partial charge < -0.3 is 9.80 Å². The highest BCUT2D eigenvalue weighted by Gasteiger charge is 2.29. The molecule has 2 amide bonds. The molecule has 0 spiro atoms. The fraction of sp³-hybridized carbons (Fsp3) is 0.524. The van der Waals surface area contributed by atoms with Crippen molar-refractivity contribution in [2.24, 2.45) is 5.92 Å². The van der Waals surface area contributed by atoms with Crippen LogP contribution >= 0.6 is 23.2 Å². The predicted octanol–water partition coefficient (Wildman–Crippen LogP) is 4.65. The van der Waals surface area contributed by atoms with Crippen LogP contribution in [0.3, 0.4) is 0 Å². The first-order valence-electron chi connectivity index (χ1n) is 9.75. The predicted molar refractivity (Wildman–Crippen MR) is 110 cm³/mol. The number of likely N-dealkylation sites (tertiary alicyclic amines) is 2. The van der Waals surface area contributed by atoms with Gasteiger partial charge in [0.15, 0.2) is 0 Å². The zero-order chi connectivity index (χ0) is 19.2. The molecule has 0 atom stereocenters. The highest BCUT2D eigenvalue weighted by molar-refractivity contribution is 6.42. The lowest BCUT2D eigenvalue weighted by atomic mass is 9.95. The topological polar surface area (TPSA) is 40.6 Å². The SMILES string of the molecule is O=C(/C=C/c1ccc(Cl)c(Cl)c1)N1CCC(C(=O)N2CCCCCC2)CC1. The number of benzene rings is 1. The number of amides is 2. The molecule has 2 aliphatic rings. The van der Waals surface area contributed by atoms with Crippen molar-refractivity contribution in [3.05, 3.63) is 39.9 Å². The van der Waals surface area contributed by atoms with Gasteiger partial charge in [0.2, 0.25) is 11.8 Å². The van der Waals surface area contributed by atoms with Gasteiger partial charge in [-0.15, -0.1) is 0 Å². The maximum Gasteiger partial charge on any atom is 0.246 e. The molecule has 6 heteroatoms. The molecule has 0 radical (unpaired) electrons. The summed E-state index contributed by atoms with van der Waals surface area (Å²) in [6.07, 6.45) is 9.49. The van der Waals surface area contributed by atoms with Crippen LogP contribution in [-0.2, 0) is 9.59 Å². The standard InChI is InChI=1S/C21H26Cl2N2O2/c22-18-7-5-16(15-19(18)23)6-8-20(26)24-13-9-17(10-14-24)21(27)25-11-3-1-2-4-12-25/h5-8,15,17H,1-4,9-14H2/b8-6+. The van der Waals surface area contributed by atoms with Crippen LogP contribution in [0.5, 0.6) is 0 Å². The van der Waals surface area contributed by atoms with Crippen molar-refractivity contribution in [1.82, 2.24) is 9.80 Å². The van der Waals surface area contributed by atoms with E-state index in [0.29, 0.717) is 23.1 Å². The lowest BCUT2D eigenvalue weighted by molar-refractivity contribution is -0.139. The minimum atomic E-state index is -0.0262. The van der Waals surface area contributed by atoms with Gasteiger partial charge in [0, 0.05) is 38.2 Å². The van der Waals surface area contributed by atoms with Gasteiger partial charge in [-0.25, -0.2) is 0 Å². The van der Waals surface area contributed by atoms with Crippen LogP contribution in [0.25, 0.3) is 6.08 Å². The smallest absolute Gasteiger partial charge is 0.246 e. The Morgan fingerprint density at radius 3 is 2.19 bits per heavy atom. The molecule has 0 bridgehead atoms. The van der Waals surface area contributed by atoms with E-state index in [1.54, 1.807) is 24.3 Å². The van der Waals surface area contributed by atoms with Crippen molar-refractivity contribution in [1.29, 1.82) is 0 Å². The molecule has 1 aromatic carbocycles. The number of carbonyl (C=O) groups is 2. The van der Waals surface area contributed by atoms with Crippen molar-refractivity contribution in [2.45, 2.75) is 38.5 Å². The summed E-state index contributed by atoms with van der Waals surface area (Å²) in [6.45, 7) is 3.05. The van der Waals surface area contributed by atoms with Crippen LogP contribution in [0.15, 0.2) is 24.3 Å². The molecule has 0 saturated carbocycles. The zero-order valence-corrected chi connectivity index (χ0v) is 17.0. The average molecular weight is 409 g/mol. The van der Waals surface area contributed by atoms with E-state index < -0.39 is 0 Å². The molecule has 0 aliphatic carbocycles. The van der Waals surface area contributed by atoms with E-state index in [0.717, 1.165) is 44.3 Å². The third-order valence-corrected chi connectivity index (χ3v) is 6.17. The number of piperidine rings is 1.